The molecule has 0 spiro atoms. The molecule has 0 bridgehead atoms. The second-order valence-corrected chi connectivity index (χ2v) is 6.93. The summed E-state index contributed by atoms with van der Waals surface area (Å²) in [7, 11) is 0. The zero-order chi connectivity index (χ0) is 19.3. The van der Waals surface area contributed by atoms with Gasteiger partial charge in [-0.05, 0) is 55.0 Å². The van der Waals surface area contributed by atoms with Crippen molar-refractivity contribution in [1.82, 2.24) is 5.32 Å². The minimum atomic E-state index is -0.392. The van der Waals surface area contributed by atoms with Gasteiger partial charge in [0.25, 0.3) is 5.91 Å². The van der Waals surface area contributed by atoms with E-state index in [0.717, 1.165) is 5.56 Å². The molecule has 2 aromatic carbocycles. The molecule has 0 aromatic heterocycles. The Morgan fingerprint density at radius 1 is 1.04 bits per heavy atom. The third-order valence-electron chi connectivity index (χ3n) is 3.51. The number of amides is 2. The molecule has 3 N–H and O–H groups in total. The fraction of sp³-hybridized carbons (Fsp3) is 0.211. The summed E-state index contributed by atoms with van der Waals surface area (Å²) in [6, 6.07) is 12.2. The minimum Gasteiger partial charge on any atom is -0.332 e. The highest BCUT2D eigenvalue weighted by atomic mass is 35.5. The molecule has 0 fully saturated rings. The molecule has 2 aromatic rings. The van der Waals surface area contributed by atoms with Crippen LogP contribution in [0, 0.1) is 12.8 Å². The van der Waals surface area contributed by atoms with Crippen molar-refractivity contribution in [3.05, 3.63) is 58.6 Å². The standard InChI is InChI=1S/C19H20ClN3O2S/c1-11(2)17(24)21-13-5-4-6-14(10-13)22-19(26)23-18(25)15-8-7-12(3)9-16(15)20/h4-11H,1-3H3,(H,21,24)(H2,22,23,25,26). The number of aryl methyl sites for hydroxylation is 1. The molecule has 0 saturated carbocycles. The van der Waals surface area contributed by atoms with E-state index in [1.165, 1.54) is 0 Å². The molecule has 136 valence electrons. The van der Waals surface area contributed by atoms with Gasteiger partial charge in [-0.15, -0.1) is 0 Å². The van der Waals surface area contributed by atoms with Crippen LogP contribution in [0.4, 0.5) is 11.4 Å². The molecule has 2 rings (SSSR count). The van der Waals surface area contributed by atoms with Crippen LogP contribution in [0.25, 0.3) is 0 Å². The number of nitrogens with one attached hydrogen (secondary N) is 3. The van der Waals surface area contributed by atoms with E-state index in [9.17, 15) is 9.59 Å². The monoisotopic (exact) mass is 389 g/mol. The zero-order valence-electron chi connectivity index (χ0n) is 14.7. The number of anilines is 2. The van der Waals surface area contributed by atoms with E-state index in [-0.39, 0.29) is 16.9 Å². The maximum Gasteiger partial charge on any atom is 0.258 e. The Morgan fingerprint density at radius 3 is 2.31 bits per heavy atom. The van der Waals surface area contributed by atoms with Crippen LogP contribution >= 0.6 is 23.8 Å². The highest BCUT2D eigenvalue weighted by Crippen LogP contribution is 2.18. The minimum absolute atomic E-state index is 0.0768. The molecule has 5 nitrogen and oxygen atoms in total. The summed E-state index contributed by atoms with van der Waals surface area (Å²) in [5.41, 5.74) is 2.60. The van der Waals surface area contributed by atoms with Crippen LogP contribution in [0.5, 0.6) is 0 Å². The lowest BCUT2D eigenvalue weighted by Crippen LogP contribution is -2.34. The summed E-state index contributed by atoms with van der Waals surface area (Å²) in [5, 5.41) is 8.82. The van der Waals surface area contributed by atoms with Crippen molar-refractivity contribution in [3.63, 3.8) is 0 Å². The largest absolute Gasteiger partial charge is 0.332 e. The van der Waals surface area contributed by atoms with Gasteiger partial charge in [0, 0.05) is 17.3 Å². The molecule has 0 heterocycles. The summed E-state index contributed by atoms with van der Waals surface area (Å²) in [6.45, 7) is 5.53. The molecule has 2 amide bonds. The number of carbonyl (C=O) groups is 2. The van der Waals surface area contributed by atoms with Gasteiger partial charge in [-0.25, -0.2) is 0 Å². The molecule has 0 unspecified atom stereocenters. The van der Waals surface area contributed by atoms with Crippen molar-refractivity contribution >= 4 is 52.1 Å². The van der Waals surface area contributed by atoms with Gasteiger partial charge in [0.1, 0.15) is 0 Å². The number of halogens is 1. The van der Waals surface area contributed by atoms with Crippen molar-refractivity contribution in [2.24, 2.45) is 5.92 Å². The van der Waals surface area contributed by atoms with E-state index >= 15 is 0 Å². The Morgan fingerprint density at radius 2 is 1.69 bits per heavy atom. The number of thiocarbonyl (C=S) groups is 1. The normalized spacial score (nSPS) is 10.3. The van der Waals surface area contributed by atoms with Crippen LogP contribution in [0.2, 0.25) is 5.02 Å². The Hall–Kier alpha value is -2.44. The first-order valence-corrected chi connectivity index (χ1v) is 8.84. The lowest BCUT2D eigenvalue weighted by Gasteiger charge is -2.12. The number of rotatable bonds is 4. The summed E-state index contributed by atoms with van der Waals surface area (Å²) in [6.07, 6.45) is 0. The SMILES string of the molecule is Cc1ccc(C(=O)NC(=S)Nc2cccc(NC(=O)C(C)C)c2)c(Cl)c1. The van der Waals surface area contributed by atoms with Gasteiger partial charge in [-0.1, -0.05) is 37.6 Å². The van der Waals surface area contributed by atoms with Crippen molar-refractivity contribution in [2.45, 2.75) is 20.8 Å². The summed E-state index contributed by atoms with van der Waals surface area (Å²) in [5.74, 6) is -0.588. The number of hydrogen-bond donors (Lipinski definition) is 3. The molecule has 26 heavy (non-hydrogen) atoms. The third-order valence-corrected chi connectivity index (χ3v) is 4.03. The van der Waals surface area contributed by atoms with E-state index in [4.69, 9.17) is 23.8 Å². The predicted molar refractivity (Wildman–Crippen MR) is 110 cm³/mol. The zero-order valence-corrected chi connectivity index (χ0v) is 16.3. The summed E-state index contributed by atoms with van der Waals surface area (Å²) < 4.78 is 0. The quantitative estimate of drug-likeness (QED) is 0.679. The van der Waals surface area contributed by atoms with E-state index in [1.807, 2.05) is 20.8 Å². The van der Waals surface area contributed by atoms with Gasteiger partial charge in [-0.3, -0.25) is 14.9 Å². The van der Waals surface area contributed by atoms with Gasteiger partial charge in [0.15, 0.2) is 5.11 Å². The van der Waals surface area contributed by atoms with Crippen molar-refractivity contribution in [1.29, 1.82) is 0 Å². The molecule has 0 radical (unpaired) electrons. The van der Waals surface area contributed by atoms with Crippen LogP contribution in [0.1, 0.15) is 29.8 Å². The van der Waals surface area contributed by atoms with Crippen molar-refractivity contribution in [3.8, 4) is 0 Å². The van der Waals surface area contributed by atoms with Crippen molar-refractivity contribution in [2.75, 3.05) is 10.6 Å². The molecular weight excluding hydrogens is 370 g/mol. The van der Waals surface area contributed by atoms with Gasteiger partial charge in [0.2, 0.25) is 5.91 Å². The van der Waals surface area contributed by atoms with Crippen LogP contribution in [0.15, 0.2) is 42.5 Å². The Bertz CT molecular complexity index is 852. The number of hydrogen-bond acceptors (Lipinski definition) is 3. The van der Waals surface area contributed by atoms with E-state index in [2.05, 4.69) is 16.0 Å². The molecule has 7 heteroatoms. The molecule has 0 saturated heterocycles. The van der Waals surface area contributed by atoms with Crippen molar-refractivity contribution < 1.29 is 9.59 Å². The predicted octanol–water partition coefficient (Wildman–Crippen LogP) is 4.37. The number of benzene rings is 2. The second kappa shape index (κ2) is 8.78. The van der Waals surface area contributed by atoms with E-state index in [1.54, 1.807) is 42.5 Å². The Labute approximate surface area is 163 Å². The summed E-state index contributed by atoms with van der Waals surface area (Å²) >= 11 is 11.3. The maximum atomic E-state index is 12.3. The average Bonchev–Trinajstić information content (AvgIpc) is 2.54. The first-order chi connectivity index (χ1) is 12.3. The average molecular weight is 390 g/mol. The fourth-order valence-corrected chi connectivity index (χ4v) is 2.63. The topological polar surface area (TPSA) is 70.2 Å². The fourth-order valence-electron chi connectivity index (χ4n) is 2.10. The molecule has 0 aliphatic rings. The Kier molecular flexibility index (Phi) is 6.71. The van der Waals surface area contributed by atoms with E-state index < -0.39 is 5.91 Å². The lowest BCUT2D eigenvalue weighted by atomic mass is 10.1. The van der Waals surface area contributed by atoms with Crippen LogP contribution < -0.4 is 16.0 Å². The van der Waals surface area contributed by atoms with Gasteiger partial charge in [0.05, 0.1) is 10.6 Å². The molecule has 0 aliphatic carbocycles. The highest BCUT2D eigenvalue weighted by Gasteiger charge is 2.12. The maximum absolute atomic E-state index is 12.3. The van der Waals surface area contributed by atoms with Gasteiger partial charge < -0.3 is 10.6 Å². The third kappa shape index (κ3) is 5.54. The van der Waals surface area contributed by atoms with Gasteiger partial charge in [-0.2, -0.15) is 0 Å². The number of carbonyl (C=O) groups excluding carboxylic acids is 2. The Balaban J connectivity index is 2.01. The highest BCUT2D eigenvalue weighted by molar-refractivity contribution is 7.80. The smallest absolute Gasteiger partial charge is 0.258 e. The molecule has 0 aliphatic heterocycles. The van der Waals surface area contributed by atoms with Crippen LogP contribution in [0.3, 0.4) is 0 Å². The second-order valence-electron chi connectivity index (χ2n) is 6.12. The molecule has 0 atom stereocenters. The summed E-state index contributed by atoms with van der Waals surface area (Å²) in [4.78, 5) is 24.1. The van der Waals surface area contributed by atoms with Gasteiger partial charge >= 0.3 is 0 Å². The lowest BCUT2D eigenvalue weighted by molar-refractivity contribution is -0.118. The van der Waals surface area contributed by atoms with E-state index in [0.29, 0.717) is 22.0 Å². The van der Waals surface area contributed by atoms with Crippen LogP contribution in [-0.2, 0) is 4.79 Å². The van der Waals surface area contributed by atoms with Crippen LogP contribution in [-0.4, -0.2) is 16.9 Å². The molecular formula is C19H20ClN3O2S. The first-order valence-electron chi connectivity index (χ1n) is 8.05. The first kappa shape index (κ1) is 19.9.